The topological polar surface area (TPSA) is 144 Å². The fourth-order valence-corrected chi connectivity index (χ4v) is 1.26. The summed E-state index contributed by atoms with van der Waals surface area (Å²) in [6.45, 7) is 1.22. The molecule has 1 aromatic carbocycles. The van der Waals surface area contributed by atoms with Gasteiger partial charge >= 0.3 is 93.4 Å². The van der Waals surface area contributed by atoms with Crippen molar-refractivity contribution in [3.05, 3.63) is 29.8 Å². The Kier molecular flexibility index (Phi) is 23.1. The van der Waals surface area contributed by atoms with E-state index in [2.05, 4.69) is 17.4 Å². The Labute approximate surface area is 209 Å². The van der Waals surface area contributed by atoms with Gasteiger partial charge in [-0.1, -0.05) is 12.1 Å². The molecule has 0 radical (unpaired) electrons. The van der Waals surface area contributed by atoms with Crippen LogP contribution >= 0.6 is 0 Å². The molecule has 1 rings (SSSR count). The van der Waals surface area contributed by atoms with Crippen LogP contribution in [0.1, 0.15) is 23.7 Å². The van der Waals surface area contributed by atoms with Crippen molar-refractivity contribution < 1.29 is 121 Å². The van der Waals surface area contributed by atoms with Crippen LogP contribution in [0.3, 0.4) is 0 Å². The number of rotatable bonds is 5. The number of esters is 1. The van der Waals surface area contributed by atoms with E-state index in [-0.39, 0.29) is 92.8 Å². The Morgan fingerprint density at radius 1 is 1.16 bits per heavy atom. The van der Waals surface area contributed by atoms with Gasteiger partial charge in [0.05, 0.1) is 0 Å². The van der Waals surface area contributed by atoms with Crippen molar-refractivity contribution in [2.75, 3.05) is 0 Å². The quantitative estimate of drug-likeness (QED) is 0.158. The first-order chi connectivity index (χ1) is 10.1. The second kappa shape index (κ2) is 17.6. The molecule has 1 atom stereocenters. The van der Waals surface area contributed by atoms with E-state index >= 15 is 0 Å². The fourth-order valence-electron chi connectivity index (χ4n) is 1.12. The zero-order chi connectivity index (χ0) is 17.3. The molecule has 0 aromatic heterocycles. The minimum atomic E-state index is -1.55. The monoisotopic (exact) mass is 570 g/mol. The first kappa shape index (κ1) is 32.8. The predicted molar refractivity (Wildman–Crippen MR) is 70.5 cm³/mol. The second-order valence-corrected chi connectivity index (χ2v) is 4.35. The summed E-state index contributed by atoms with van der Waals surface area (Å²) in [4.78, 5) is 40.6. The zero-order valence-corrected chi connectivity index (χ0v) is 20.6. The van der Waals surface area contributed by atoms with Gasteiger partial charge in [-0.2, -0.15) is 0 Å². The van der Waals surface area contributed by atoms with Gasteiger partial charge in [0.2, 0.25) is 0 Å². The standard InChI is InChI=1S/C9H8O4.C4H6O4S.Au.2Na/c1-6(10)13-8-5-3-2-4-7(8)9(11)12;5-3(6)1-2(9)4(7)8;;;/h2-5H,1H3,(H,11,12);2,9H,1H2,(H,5,6)(H,7,8);;;/q;;3*+1/p-3. The number of aliphatic carboxylic acids is 2. The molecule has 0 aliphatic rings. The zero-order valence-electron chi connectivity index (χ0n) is 13.6. The van der Waals surface area contributed by atoms with E-state index in [9.17, 15) is 29.4 Å². The van der Waals surface area contributed by atoms with Gasteiger partial charge in [-0.15, -0.1) is 5.25 Å². The average Bonchev–Trinajstić information content (AvgIpc) is 2.38. The average molecular weight is 570 g/mol. The molecule has 0 saturated carbocycles. The van der Waals surface area contributed by atoms with Crippen LogP contribution in [0.2, 0.25) is 0 Å². The molecule has 0 aliphatic heterocycles. The van der Waals surface area contributed by atoms with Gasteiger partial charge in [0.15, 0.2) is 0 Å². The molecule has 12 heteroatoms. The van der Waals surface area contributed by atoms with Gasteiger partial charge in [0, 0.05) is 18.9 Å². The Bertz CT molecular complexity index is 585. The van der Waals surface area contributed by atoms with Crippen LogP contribution in [0, 0.1) is 0 Å². The van der Waals surface area contributed by atoms with Crippen molar-refractivity contribution in [1.29, 1.82) is 0 Å². The van der Waals surface area contributed by atoms with Crippen LogP contribution in [-0.2, 0) is 49.4 Å². The molecule has 0 amide bonds. The molecular formula is C13H11AuNa2O8S. The minimum absolute atomic E-state index is 0. The molecule has 1 N–H and O–H groups in total. The Morgan fingerprint density at radius 2 is 1.64 bits per heavy atom. The van der Waals surface area contributed by atoms with Crippen LogP contribution in [0.5, 0.6) is 5.75 Å². The molecule has 0 saturated heterocycles. The number of aromatic carboxylic acids is 1. The van der Waals surface area contributed by atoms with E-state index in [1.54, 1.807) is 12.1 Å². The Morgan fingerprint density at radius 3 is 1.96 bits per heavy atom. The summed E-state index contributed by atoms with van der Waals surface area (Å²) in [5, 5.41) is 26.7. The van der Waals surface area contributed by atoms with Crippen molar-refractivity contribution >= 4 is 36.5 Å². The summed E-state index contributed by atoms with van der Waals surface area (Å²) in [6.07, 6.45) is -0.669. The van der Waals surface area contributed by atoms with Gasteiger partial charge in [-0.3, -0.25) is 4.79 Å². The first-order valence-electron chi connectivity index (χ1n) is 5.72. The smallest absolute Gasteiger partial charge is 0.783 e. The number of hydrogen-bond donors (Lipinski definition) is 1. The van der Waals surface area contributed by atoms with Crippen LogP contribution in [0.15, 0.2) is 24.3 Å². The molecule has 8 nitrogen and oxygen atoms in total. The molecule has 1 aromatic rings. The number of para-hydroxylation sites is 1. The molecule has 0 bridgehead atoms. The maximum Gasteiger partial charge on any atom is 1.00 e. The SMILES string of the molecule is CC(=O)Oc1ccccc1C(=O)O.O=C([O-])CC([S-])C(=O)[O-].[Au+].[Na+].[Na+]. The second-order valence-electron chi connectivity index (χ2n) is 3.78. The van der Waals surface area contributed by atoms with E-state index in [1.165, 1.54) is 19.1 Å². The number of hydrogen-bond acceptors (Lipinski definition) is 8. The molecule has 0 spiro atoms. The van der Waals surface area contributed by atoms with Crippen molar-refractivity contribution in [3.63, 3.8) is 0 Å². The number of carboxylic acid groups (broad SMARTS) is 3. The summed E-state index contributed by atoms with van der Waals surface area (Å²) in [5.41, 5.74) is -0.0160. The van der Waals surface area contributed by atoms with Gasteiger partial charge in [0.1, 0.15) is 11.3 Å². The fraction of sp³-hybridized carbons (Fsp3) is 0.231. The largest absolute Gasteiger partial charge is 1.00 e. The maximum atomic E-state index is 10.6. The van der Waals surface area contributed by atoms with Crippen LogP contribution < -0.4 is 74.1 Å². The third-order valence-corrected chi connectivity index (χ3v) is 2.35. The molecule has 1 unspecified atom stereocenters. The summed E-state index contributed by atoms with van der Waals surface area (Å²) >= 11 is 4.15. The summed E-state index contributed by atoms with van der Waals surface area (Å²) in [6, 6.07) is 5.98. The summed E-state index contributed by atoms with van der Waals surface area (Å²) in [5.74, 6) is -4.60. The Balaban J connectivity index is -0.000000166. The third-order valence-electron chi connectivity index (χ3n) is 1.99. The number of ether oxygens (including phenoxy) is 1. The number of benzene rings is 1. The van der Waals surface area contributed by atoms with Crippen LogP contribution in [0.25, 0.3) is 0 Å². The molecular weight excluding hydrogens is 559 g/mol. The Hall–Kier alpha value is 0.190. The van der Waals surface area contributed by atoms with Gasteiger partial charge in [-0.05, 0) is 18.6 Å². The number of carbonyl (C=O) groups excluding carboxylic acids is 3. The minimum Gasteiger partial charge on any atom is -0.783 e. The van der Waals surface area contributed by atoms with Gasteiger partial charge in [-0.25, -0.2) is 4.79 Å². The van der Waals surface area contributed by atoms with Gasteiger partial charge in [0.25, 0.3) is 0 Å². The molecule has 0 fully saturated rings. The molecule has 0 heterocycles. The number of carbonyl (C=O) groups is 4. The summed E-state index contributed by atoms with van der Waals surface area (Å²) in [7, 11) is 0. The van der Waals surface area contributed by atoms with Gasteiger partial charge < -0.3 is 42.3 Å². The van der Waals surface area contributed by atoms with E-state index in [0.717, 1.165) is 0 Å². The normalized spacial score (nSPS) is 9.36. The van der Waals surface area contributed by atoms with Crippen LogP contribution in [-0.4, -0.2) is 34.2 Å². The summed E-state index contributed by atoms with van der Waals surface area (Å²) < 4.78 is 4.69. The van der Waals surface area contributed by atoms with E-state index in [0.29, 0.717) is 0 Å². The maximum absolute atomic E-state index is 10.6. The van der Waals surface area contributed by atoms with E-state index in [1.807, 2.05) is 0 Å². The van der Waals surface area contributed by atoms with Crippen molar-refractivity contribution in [2.24, 2.45) is 0 Å². The first-order valence-corrected chi connectivity index (χ1v) is 6.19. The molecule has 130 valence electrons. The van der Waals surface area contributed by atoms with E-state index in [4.69, 9.17) is 5.11 Å². The predicted octanol–water partition coefficient (Wildman–Crippen LogP) is -7.89. The van der Waals surface area contributed by atoms with Crippen LogP contribution in [0.4, 0.5) is 0 Å². The molecule has 25 heavy (non-hydrogen) atoms. The van der Waals surface area contributed by atoms with Crippen molar-refractivity contribution in [2.45, 2.75) is 18.6 Å². The van der Waals surface area contributed by atoms with E-state index < -0.39 is 35.5 Å². The van der Waals surface area contributed by atoms with Crippen molar-refractivity contribution in [3.8, 4) is 5.75 Å². The molecule has 0 aliphatic carbocycles. The number of carboxylic acids is 3. The van der Waals surface area contributed by atoms with Crippen molar-refractivity contribution in [1.82, 2.24) is 0 Å². The third kappa shape index (κ3) is 16.1.